The van der Waals surface area contributed by atoms with Crippen molar-refractivity contribution in [3.8, 4) is 0 Å². The van der Waals surface area contributed by atoms with E-state index in [4.69, 9.17) is 0 Å². The molecule has 0 aromatic heterocycles. The molecule has 0 aliphatic carbocycles. The summed E-state index contributed by atoms with van der Waals surface area (Å²) in [5.74, 6) is 0. The van der Waals surface area contributed by atoms with Crippen molar-refractivity contribution in [2.45, 2.75) is 45.5 Å². The van der Waals surface area contributed by atoms with Crippen LogP contribution in [0.5, 0.6) is 0 Å². The Morgan fingerprint density at radius 3 is 1.67 bits per heavy atom. The van der Waals surface area contributed by atoms with Crippen LogP contribution in [0.2, 0.25) is 0 Å². The van der Waals surface area contributed by atoms with Crippen molar-refractivity contribution >= 4 is 0 Å². The molecule has 2 unspecified atom stereocenters. The van der Waals surface area contributed by atoms with Gasteiger partial charge >= 0.3 is 0 Å². The molecule has 0 saturated carbocycles. The lowest BCUT2D eigenvalue weighted by molar-refractivity contribution is 0.0469. The summed E-state index contributed by atoms with van der Waals surface area (Å²) >= 11 is 0. The molecule has 2 nitrogen and oxygen atoms in total. The first kappa shape index (κ1) is 15.7. The van der Waals surface area contributed by atoms with E-state index in [1.165, 1.54) is 11.1 Å². The van der Waals surface area contributed by atoms with Gasteiger partial charge in [-0.25, -0.2) is 0 Å². The molecule has 1 N–H and O–H groups in total. The third-order valence-corrected chi connectivity index (χ3v) is 4.01. The van der Waals surface area contributed by atoms with Crippen molar-refractivity contribution in [2.75, 3.05) is 0 Å². The molecule has 0 heterocycles. The zero-order valence-electron chi connectivity index (χ0n) is 12.9. The summed E-state index contributed by atoms with van der Waals surface area (Å²) in [5, 5.41) is 10.2. The second kappa shape index (κ2) is 7.96. The van der Waals surface area contributed by atoms with Gasteiger partial charge in [-0.2, -0.15) is 0 Å². The van der Waals surface area contributed by atoms with E-state index in [2.05, 4.69) is 60.4 Å². The van der Waals surface area contributed by atoms with Crippen LogP contribution in [-0.4, -0.2) is 22.2 Å². The van der Waals surface area contributed by atoms with Gasteiger partial charge in [-0.15, -0.1) is 0 Å². The van der Waals surface area contributed by atoms with Gasteiger partial charge in [0, 0.05) is 19.1 Å². The Balaban J connectivity index is 2.13. The number of nitrogens with zero attached hydrogens (tertiary/aromatic N) is 1. The van der Waals surface area contributed by atoms with Gasteiger partial charge in [-0.3, -0.25) is 4.90 Å². The maximum atomic E-state index is 10.2. The zero-order chi connectivity index (χ0) is 15.1. The molecule has 21 heavy (non-hydrogen) atoms. The predicted molar refractivity (Wildman–Crippen MR) is 87.9 cm³/mol. The average Bonchev–Trinajstić information content (AvgIpc) is 2.54. The van der Waals surface area contributed by atoms with Gasteiger partial charge in [0.15, 0.2) is 0 Å². The van der Waals surface area contributed by atoms with Gasteiger partial charge in [-0.1, -0.05) is 67.6 Å². The maximum Gasteiger partial charge on any atom is 0.0690 e. The number of rotatable bonds is 7. The minimum Gasteiger partial charge on any atom is -0.392 e. The summed E-state index contributed by atoms with van der Waals surface area (Å²) in [6.45, 7) is 5.85. The molecular formula is C19H25NO. The Labute approximate surface area is 128 Å². The maximum absolute atomic E-state index is 10.2. The Kier molecular flexibility index (Phi) is 5.97. The largest absolute Gasteiger partial charge is 0.392 e. The second-order valence-electron chi connectivity index (χ2n) is 5.59. The fourth-order valence-electron chi connectivity index (χ4n) is 2.56. The molecule has 112 valence electrons. The summed E-state index contributed by atoms with van der Waals surface area (Å²) in [6.07, 6.45) is 0.485. The van der Waals surface area contributed by atoms with Crippen LogP contribution < -0.4 is 0 Å². The van der Waals surface area contributed by atoms with Crippen LogP contribution in [0.15, 0.2) is 60.7 Å². The van der Waals surface area contributed by atoms with Crippen molar-refractivity contribution in [2.24, 2.45) is 0 Å². The lowest BCUT2D eigenvalue weighted by Gasteiger charge is -2.32. The fourth-order valence-corrected chi connectivity index (χ4v) is 2.56. The van der Waals surface area contributed by atoms with Gasteiger partial charge in [0.1, 0.15) is 0 Å². The van der Waals surface area contributed by atoms with Crippen molar-refractivity contribution in [1.82, 2.24) is 4.90 Å². The third-order valence-electron chi connectivity index (χ3n) is 4.01. The molecule has 0 bridgehead atoms. The summed E-state index contributed by atoms with van der Waals surface area (Å²) < 4.78 is 0. The van der Waals surface area contributed by atoms with Gasteiger partial charge in [-0.05, 0) is 24.5 Å². The van der Waals surface area contributed by atoms with E-state index in [0.29, 0.717) is 0 Å². The first-order chi connectivity index (χ1) is 10.2. The minimum atomic E-state index is -0.294. The molecule has 0 aliphatic rings. The molecule has 0 radical (unpaired) electrons. The Bertz CT molecular complexity index is 470. The highest BCUT2D eigenvalue weighted by Crippen LogP contribution is 2.16. The molecule has 0 aliphatic heterocycles. The summed E-state index contributed by atoms with van der Waals surface area (Å²) in [5.41, 5.74) is 2.56. The van der Waals surface area contributed by atoms with Crippen LogP contribution >= 0.6 is 0 Å². The van der Waals surface area contributed by atoms with E-state index in [9.17, 15) is 5.11 Å². The zero-order valence-corrected chi connectivity index (χ0v) is 12.9. The quantitative estimate of drug-likeness (QED) is 0.834. The second-order valence-corrected chi connectivity index (χ2v) is 5.59. The van der Waals surface area contributed by atoms with Gasteiger partial charge in [0.25, 0.3) is 0 Å². The van der Waals surface area contributed by atoms with E-state index < -0.39 is 0 Å². The number of hydrogen-bond acceptors (Lipinski definition) is 2. The summed E-state index contributed by atoms with van der Waals surface area (Å²) in [7, 11) is 0. The molecule has 0 saturated heterocycles. The number of aliphatic hydroxyl groups excluding tert-OH is 1. The topological polar surface area (TPSA) is 23.5 Å². The van der Waals surface area contributed by atoms with Crippen molar-refractivity contribution in [3.05, 3.63) is 71.8 Å². The molecule has 2 aromatic carbocycles. The Morgan fingerprint density at radius 1 is 0.857 bits per heavy atom. The molecule has 2 atom stereocenters. The highest BCUT2D eigenvalue weighted by Gasteiger charge is 2.20. The minimum absolute atomic E-state index is 0.135. The molecule has 0 spiro atoms. The fraction of sp³-hybridized carbons (Fsp3) is 0.368. The first-order valence-electron chi connectivity index (χ1n) is 7.70. The van der Waals surface area contributed by atoms with Crippen LogP contribution in [-0.2, 0) is 13.1 Å². The number of benzene rings is 2. The monoisotopic (exact) mass is 283 g/mol. The molecule has 2 rings (SSSR count). The van der Waals surface area contributed by atoms with Crippen LogP contribution in [0.1, 0.15) is 31.4 Å². The molecule has 2 aromatic rings. The molecular weight excluding hydrogens is 258 g/mol. The van der Waals surface area contributed by atoms with E-state index >= 15 is 0 Å². The van der Waals surface area contributed by atoms with Crippen LogP contribution in [0, 0.1) is 0 Å². The normalized spacial score (nSPS) is 14.1. The van der Waals surface area contributed by atoms with E-state index in [-0.39, 0.29) is 12.1 Å². The van der Waals surface area contributed by atoms with Crippen LogP contribution in [0.3, 0.4) is 0 Å². The van der Waals surface area contributed by atoms with E-state index in [1.807, 2.05) is 19.1 Å². The first-order valence-corrected chi connectivity index (χ1v) is 7.70. The molecule has 0 fully saturated rings. The average molecular weight is 283 g/mol. The lowest BCUT2D eigenvalue weighted by atomic mass is 10.1. The summed E-state index contributed by atoms with van der Waals surface area (Å²) in [4.78, 5) is 2.35. The van der Waals surface area contributed by atoms with E-state index in [0.717, 1.165) is 19.5 Å². The standard InChI is InChI=1S/C19H25NO/c1-3-19(21)16(2)20(14-17-10-6-4-7-11-17)15-18-12-8-5-9-13-18/h4-13,16,19,21H,3,14-15H2,1-2H3. The van der Waals surface area contributed by atoms with Gasteiger partial charge < -0.3 is 5.11 Å². The number of aliphatic hydroxyl groups is 1. The Morgan fingerprint density at radius 2 is 1.29 bits per heavy atom. The van der Waals surface area contributed by atoms with Crippen LogP contribution in [0.25, 0.3) is 0 Å². The van der Waals surface area contributed by atoms with Crippen LogP contribution in [0.4, 0.5) is 0 Å². The SMILES string of the molecule is CCC(O)C(C)N(Cc1ccccc1)Cc1ccccc1. The highest BCUT2D eigenvalue weighted by molar-refractivity contribution is 5.17. The van der Waals surface area contributed by atoms with Gasteiger partial charge in [0.2, 0.25) is 0 Å². The molecule has 0 amide bonds. The van der Waals surface area contributed by atoms with Gasteiger partial charge in [0.05, 0.1) is 6.10 Å². The van der Waals surface area contributed by atoms with Crippen molar-refractivity contribution in [3.63, 3.8) is 0 Å². The Hall–Kier alpha value is -1.64. The molecule has 2 heteroatoms. The van der Waals surface area contributed by atoms with Crippen molar-refractivity contribution < 1.29 is 5.11 Å². The van der Waals surface area contributed by atoms with E-state index in [1.54, 1.807) is 0 Å². The van der Waals surface area contributed by atoms with Crippen molar-refractivity contribution in [1.29, 1.82) is 0 Å². The predicted octanol–water partition coefficient (Wildman–Crippen LogP) is 3.85. The highest BCUT2D eigenvalue weighted by atomic mass is 16.3. The summed E-state index contributed by atoms with van der Waals surface area (Å²) in [6, 6.07) is 21.0. The third kappa shape index (κ3) is 4.69. The lowest BCUT2D eigenvalue weighted by Crippen LogP contribution is -2.40. The number of hydrogen-bond donors (Lipinski definition) is 1. The smallest absolute Gasteiger partial charge is 0.0690 e.